The van der Waals surface area contributed by atoms with Crippen LogP contribution in [0.3, 0.4) is 0 Å². The maximum atomic E-state index is 12.2. The summed E-state index contributed by atoms with van der Waals surface area (Å²) >= 11 is 0. The fraction of sp³-hybridized carbons (Fsp3) is 0.300. The molecule has 2 aromatic rings. The summed E-state index contributed by atoms with van der Waals surface area (Å²) in [5.41, 5.74) is 2.05. The topological polar surface area (TPSA) is 49.7 Å². The fourth-order valence-corrected chi connectivity index (χ4v) is 2.57. The molecule has 0 aliphatic heterocycles. The standard InChI is InChI=1S/C20H20F3NO2/c21-20(22,23)14-8-7-13-17(19(25)26)24-18(15-9-3-1-4-10-15)16-11-5-2-6-12-16/h1-6,9-12,17H,7-8,13-14H2,(H,25,26). The van der Waals surface area contributed by atoms with Gasteiger partial charge in [-0.15, -0.1) is 0 Å². The number of carbonyl (C=O) groups is 1. The van der Waals surface area contributed by atoms with E-state index in [1.807, 2.05) is 60.7 Å². The lowest BCUT2D eigenvalue weighted by Gasteiger charge is -2.13. The Kier molecular flexibility index (Phi) is 6.95. The van der Waals surface area contributed by atoms with Gasteiger partial charge in [-0.2, -0.15) is 13.2 Å². The third-order valence-corrected chi connectivity index (χ3v) is 3.85. The lowest BCUT2D eigenvalue weighted by Crippen LogP contribution is -2.21. The Labute approximate surface area is 150 Å². The van der Waals surface area contributed by atoms with Crippen LogP contribution in [0.5, 0.6) is 0 Å². The number of rotatable bonds is 8. The van der Waals surface area contributed by atoms with Gasteiger partial charge in [-0.3, -0.25) is 4.99 Å². The van der Waals surface area contributed by atoms with Gasteiger partial charge in [-0.1, -0.05) is 67.1 Å². The van der Waals surface area contributed by atoms with Gasteiger partial charge in [0.05, 0.1) is 5.71 Å². The van der Waals surface area contributed by atoms with Crippen molar-refractivity contribution in [1.82, 2.24) is 0 Å². The molecule has 0 aromatic heterocycles. The monoisotopic (exact) mass is 363 g/mol. The number of aliphatic imine (C=N–C) groups is 1. The number of benzene rings is 2. The lowest BCUT2D eigenvalue weighted by molar-refractivity contribution is -0.138. The number of halogens is 3. The molecule has 0 spiro atoms. The molecule has 3 nitrogen and oxygen atoms in total. The summed E-state index contributed by atoms with van der Waals surface area (Å²) in [6, 6.07) is 17.2. The van der Waals surface area contributed by atoms with Crippen molar-refractivity contribution in [3.63, 3.8) is 0 Å². The van der Waals surface area contributed by atoms with Crippen LogP contribution in [-0.4, -0.2) is 29.0 Å². The van der Waals surface area contributed by atoms with Crippen LogP contribution in [0.4, 0.5) is 13.2 Å². The fourth-order valence-electron chi connectivity index (χ4n) is 2.57. The van der Waals surface area contributed by atoms with Gasteiger partial charge in [0, 0.05) is 17.5 Å². The second-order valence-electron chi connectivity index (χ2n) is 5.92. The summed E-state index contributed by atoms with van der Waals surface area (Å²) in [4.78, 5) is 15.9. The highest BCUT2D eigenvalue weighted by Gasteiger charge is 2.26. The molecule has 0 amide bonds. The first kappa shape index (κ1) is 19.7. The SMILES string of the molecule is O=C(O)C(CCCCC(F)(F)F)N=C(c1ccccc1)c1ccccc1. The summed E-state index contributed by atoms with van der Waals surface area (Å²) in [5, 5.41) is 9.45. The van der Waals surface area contributed by atoms with E-state index in [1.54, 1.807) is 0 Å². The van der Waals surface area contributed by atoms with E-state index in [9.17, 15) is 23.1 Å². The molecule has 0 saturated carbocycles. The molecule has 138 valence electrons. The van der Waals surface area contributed by atoms with Crippen LogP contribution in [0.1, 0.15) is 36.8 Å². The van der Waals surface area contributed by atoms with Crippen LogP contribution in [-0.2, 0) is 4.79 Å². The first-order valence-corrected chi connectivity index (χ1v) is 8.35. The van der Waals surface area contributed by atoms with Crippen molar-refractivity contribution in [3.05, 3.63) is 71.8 Å². The molecule has 26 heavy (non-hydrogen) atoms. The third kappa shape index (κ3) is 6.35. The maximum Gasteiger partial charge on any atom is 0.389 e. The molecule has 0 saturated heterocycles. The van der Waals surface area contributed by atoms with Gasteiger partial charge >= 0.3 is 12.1 Å². The number of hydrogen-bond donors (Lipinski definition) is 1. The minimum Gasteiger partial charge on any atom is -0.480 e. The molecule has 0 aliphatic carbocycles. The first-order valence-electron chi connectivity index (χ1n) is 8.35. The minimum absolute atomic E-state index is 0.0641. The van der Waals surface area contributed by atoms with Crippen LogP contribution >= 0.6 is 0 Å². The largest absolute Gasteiger partial charge is 0.480 e. The Morgan fingerprint density at radius 3 is 1.85 bits per heavy atom. The zero-order chi connectivity index (χ0) is 19.0. The van der Waals surface area contributed by atoms with Crippen molar-refractivity contribution in [1.29, 1.82) is 0 Å². The van der Waals surface area contributed by atoms with Crippen LogP contribution in [0, 0.1) is 0 Å². The van der Waals surface area contributed by atoms with Crippen molar-refractivity contribution in [3.8, 4) is 0 Å². The number of carboxylic acids is 1. The van der Waals surface area contributed by atoms with Gasteiger partial charge in [0.25, 0.3) is 0 Å². The summed E-state index contributed by atoms with van der Waals surface area (Å²) < 4.78 is 36.7. The van der Waals surface area contributed by atoms with Gasteiger partial charge in [-0.25, -0.2) is 4.79 Å². The Bertz CT molecular complexity index is 686. The molecule has 1 atom stereocenters. The van der Waals surface area contributed by atoms with E-state index in [1.165, 1.54) is 0 Å². The zero-order valence-electron chi connectivity index (χ0n) is 14.1. The number of unbranched alkanes of at least 4 members (excludes halogenated alkanes) is 1. The molecule has 0 radical (unpaired) electrons. The molecule has 0 fully saturated rings. The van der Waals surface area contributed by atoms with Crippen molar-refractivity contribution in [2.24, 2.45) is 4.99 Å². The molecule has 0 aliphatic rings. The second kappa shape index (κ2) is 9.17. The zero-order valence-corrected chi connectivity index (χ0v) is 14.1. The first-order chi connectivity index (χ1) is 12.4. The average molecular weight is 363 g/mol. The Balaban J connectivity index is 2.23. The van der Waals surface area contributed by atoms with Gasteiger partial charge in [0.1, 0.15) is 6.04 Å². The van der Waals surface area contributed by atoms with Crippen molar-refractivity contribution >= 4 is 11.7 Å². The van der Waals surface area contributed by atoms with E-state index in [0.717, 1.165) is 11.1 Å². The van der Waals surface area contributed by atoms with E-state index in [2.05, 4.69) is 4.99 Å². The number of carboxylic acid groups (broad SMARTS) is 1. The van der Waals surface area contributed by atoms with Gasteiger partial charge in [0.2, 0.25) is 0 Å². The highest BCUT2D eigenvalue weighted by molar-refractivity contribution is 6.13. The normalized spacial score (nSPS) is 12.4. The van der Waals surface area contributed by atoms with Crippen LogP contribution in [0.15, 0.2) is 65.7 Å². The summed E-state index contributed by atoms with van der Waals surface area (Å²) in [6.07, 6.45) is -5.02. The molecule has 0 bridgehead atoms. The highest BCUT2D eigenvalue weighted by atomic mass is 19.4. The number of hydrogen-bond acceptors (Lipinski definition) is 2. The molecular formula is C20H20F3NO2. The van der Waals surface area contributed by atoms with Crippen molar-refractivity contribution < 1.29 is 23.1 Å². The third-order valence-electron chi connectivity index (χ3n) is 3.85. The van der Waals surface area contributed by atoms with E-state index >= 15 is 0 Å². The Morgan fingerprint density at radius 2 is 1.42 bits per heavy atom. The van der Waals surface area contributed by atoms with E-state index in [-0.39, 0.29) is 19.3 Å². The maximum absolute atomic E-state index is 12.2. The number of aliphatic carboxylic acids is 1. The van der Waals surface area contributed by atoms with Crippen molar-refractivity contribution in [2.45, 2.75) is 37.9 Å². The predicted molar refractivity (Wildman–Crippen MR) is 94.5 cm³/mol. The molecule has 1 unspecified atom stereocenters. The molecule has 0 heterocycles. The summed E-state index contributed by atoms with van der Waals surface area (Å²) in [7, 11) is 0. The second-order valence-corrected chi connectivity index (χ2v) is 5.92. The van der Waals surface area contributed by atoms with E-state index < -0.39 is 24.6 Å². The molecule has 6 heteroatoms. The van der Waals surface area contributed by atoms with Crippen LogP contribution in [0.2, 0.25) is 0 Å². The smallest absolute Gasteiger partial charge is 0.389 e. The molecular weight excluding hydrogens is 343 g/mol. The Hall–Kier alpha value is -2.63. The highest BCUT2D eigenvalue weighted by Crippen LogP contribution is 2.23. The summed E-state index contributed by atoms with van der Waals surface area (Å²) in [5.74, 6) is -1.14. The Morgan fingerprint density at radius 1 is 0.923 bits per heavy atom. The number of alkyl halides is 3. The molecule has 1 N–H and O–H groups in total. The minimum atomic E-state index is -4.22. The van der Waals surface area contributed by atoms with E-state index in [4.69, 9.17) is 0 Å². The van der Waals surface area contributed by atoms with Crippen LogP contribution < -0.4 is 0 Å². The number of nitrogens with zero attached hydrogens (tertiary/aromatic N) is 1. The van der Waals surface area contributed by atoms with Crippen LogP contribution in [0.25, 0.3) is 0 Å². The van der Waals surface area contributed by atoms with E-state index in [0.29, 0.717) is 5.71 Å². The lowest BCUT2D eigenvalue weighted by atomic mass is 10.0. The van der Waals surface area contributed by atoms with Crippen molar-refractivity contribution in [2.75, 3.05) is 0 Å². The quantitative estimate of drug-likeness (QED) is 0.524. The summed E-state index contributed by atoms with van der Waals surface area (Å²) in [6.45, 7) is 0. The molecule has 2 aromatic carbocycles. The van der Waals surface area contributed by atoms with Gasteiger partial charge < -0.3 is 5.11 Å². The predicted octanol–water partition coefficient (Wildman–Crippen LogP) is 5.10. The van der Waals surface area contributed by atoms with Gasteiger partial charge in [-0.05, 0) is 12.8 Å². The molecule has 2 rings (SSSR count). The van der Waals surface area contributed by atoms with Gasteiger partial charge in [0.15, 0.2) is 0 Å². The average Bonchev–Trinajstić information content (AvgIpc) is 2.61.